The Morgan fingerprint density at radius 1 is 0.969 bits per heavy atom. The van der Waals surface area contributed by atoms with Crippen LogP contribution in [0.3, 0.4) is 0 Å². The molecule has 0 aliphatic rings. The zero-order valence-corrected chi connectivity index (χ0v) is 17.3. The molecule has 9 heteroatoms. The molecule has 0 amide bonds. The lowest BCUT2D eigenvalue weighted by Gasteiger charge is -2.14. The van der Waals surface area contributed by atoms with Crippen LogP contribution in [0.4, 0.5) is 0 Å². The average Bonchev–Trinajstić information content (AvgIpc) is 2.83. The number of rotatable bonds is 5. The maximum atomic E-state index is 13.5. The van der Waals surface area contributed by atoms with Crippen LogP contribution in [-0.2, 0) is 15.9 Å². The van der Waals surface area contributed by atoms with Gasteiger partial charge in [-0.25, -0.2) is 19.6 Å². The lowest BCUT2D eigenvalue weighted by atomic mass is 10.1. The fourth-order valence-corrected chi connectivity index (χ4v) is 3.33. The summed E-state index contributed by atoms with van der Waals surface area (Å²) >= 11 is 0. The molecule has 32 heavy (non-hydrogen) atoms. The third-order valence-electron chi connectivity index (χ3n) is 4.80. The smallest absolute Gasteiger partial charge is 0.337 e. The van der Waals surface area contributed by atoms with E-state index in [0.29, 0.717) is 5.52 Å². The van der Waals surface area contributed by atoms with Gasteiger partial charge in [0.15, 0.2) is 5.65 Å². The molecule has 0 saturated carbocycles. The van der Waals surface area contributed by atoms with Gasteiger partial charge in [-0.05, 0) is 42.0 Å². The van der Waals surface area contributed by atoms with Gasteiger partial charge in [0.1, 0.15) is 11.2 Å². The number of carbonyl (C=O) groups is 2. The van der Waals surface area contributed by atoms with Crippen molar-refractivity contribution in [3.8, 4) is 5.69 Å². The highest BCUT2D eigenvalue weighted by atomic mass is 16.5. The SMILES string of the molecule is COC(=O)c1cc(C(=O)OC)cc(-n2c(=O)c(Cc3cccnc3)nc3cccnc32)c1. The second kappa shape index (κ2) is 8.76. The van der Waals surface area contributed by atoms with Gasteiger partial charge in [-0.3, -0.25) is 14.3 Å². The average molecular weight is 430 g/mol. The molecule has 0 aliphatic carbocycles. The van der Waals surface area contributed by atoms with Crippen molar-refractivity contribution in [2.24, 2.45) is 0 Å². The number of fused-ring (bicyclic) bond motifs is 1. The normalized spacial score (nSPS) is 10.7. The number of aromatic nitrogens is 4. The Balaban J connectivity index is 1.99. The highest BCUT2D eigenvalue weighted by molar-refractivity contribution is 5.96. The lowest BCUT2D eigenvalue weighted by molar-refractivity contribution is 0.0599. The third kappa shape index (κ3) is 3.95. The highest BCUT2D eigenvalue weighted by Crippen LogP contribution is 2.19. The monoisotopic (exact) mass is 430 g/mol. The fourth-order valence-electron chi connectivity index (χ4n) is 3.33. The Morgan fingerprint density at radius 2 is 1.66 bits per heavy atom. The number of hydrogen-bond donors (Lipinski definition) is 0. The van der Waals surface area contributed by atoms with Gasteiger partial charge in [0.2, 0.25) is 0 Å². The summed E-state index contributed by atoms with van der Waals surface area (Å²) in [4.78, 5) is 50.8. The number of nitrogens with zero attached hydrogens (tertiary/aromatic N) is 4. The molecule has 0 radical (unpaired) electrons. The van der Waals surface area contributed by atoms with E-state index in [0.717, 1.165) is 5.56 Å². The summed E-state index contributed by atoms with van der Waals surface area (Å²) in [6.07, 6.45) is 5.09. The minimum absolute atomic E-state index is 0.0898. The number of benzene rings is 1. The van der Waals surface area contributed by atoms with Gasteiger partial charge in [-0.2, -0.15) is 0 Å². The Kier molecular flexibility index (Phi) is 5.71. The topological polar surface area (TPSA) is 113 Å². The summed E-state index contributed by atoms with van der Waals surface area (Å²) in [7, 11) is 2.46. The maximum absolute atomic E-state index is 13.5. The van der Waals surface area contributed by atoms with Crippen LogP contribution in [-0.4, -0.2) is 45.7 Å². The molecule has 3 aromatic heterocycles. The van der Waals surface area contributed by atoms with E-state index < -0.39 is 17.5 Å². The van der Waals surface area contributed by atoms with Crippen LogP contribution in [0.15, 0.2) is 65.8 Å². The van der Waals surface area contributed by atoms with Crippen LogP contribution >= 0.6 is 0 Å². The molecule has 3 heterocycles. The number of hydrogen-bond acceptors (Lipinski definition) is 8. The molecule has 9 nitrogen and oxygen atoms in total. The van der Waals surface area contributed by atoms with Gasteiger partial charge in [0.25, 0.3) is 5.56 Å². The first kappa shape index (κ1) is 20.9. The molecule has 0 atom stereocenters. The first-order valence-corrected chi connectivity index (χ1v) is 9.59. The molecular weight excluding hydrogens is 412 g/mol. The van der Waals surface area contributed by atoms with Gasteiger partial charge < -0.3 is 9.47 Å². The van der Waals surface area contributed by atoms with Crippen molar-refractivity contribution >= 4 is 23.1 Å². The zero-order valence-electron chi connectivity index (χ0n) is 17.3. The predicted molar refractivity (Wildman–Crippen MR) is 115 cm³/mol. The predicted octanol–water partition coefficient (Wildman–Crippen LogP) is 2.34. The summed E-state index contributed by atoms with van der Waals surface area (Å²) in [5, 5.41) is 0. The van der Waals surface area contributed by atoms with Crippen molar-refractivity contribution in [1.29, 1.82) is 0 Å². The molecule has 160 valence electrons. The summed E-state index contributed by atoms with van der Waals surface area (Å²) in [5.74, 6) is -1.32. The number of esters is 2. The van der Waals surface area contributed by atoms with Crippen molar-refractivity contribution in [1.82, 2.24) is 19.5 Å². The van der Waals surface area contributed by atoms with Crippen molar-refractivity contribution in [3.63, 3.8) is 0 Å². The van der Waals surface area contributed by atoms with E-state index in [1.807, 2.05) is 6.07 Å². The molecular formula is C23H18N4O5. The Hall–Kier alpha value is -4.40. The van der Waals surface area contributed by atoms with E-state index in [-0.39, 0.29) is 34.6 Å². The maximum Gasteiger partial charge on any atom is 0.337 e. The van der Waals surface area contributed by atoms with Gasteiger partial charge in [-0.15, -0.1) is 0 Å². The molecule has 0 bridgehead atoms. The first-order valence-electron chi connectivity index (χ1n) is 9.59. The molecule has 0 fully saturated rings. The van der Waals surface area contributed by atoms with Crippen molar-refractivity contribution in [3.05, 3.63) is 93.8 Å². The molecule has 0 aliphatic heterocycles. The summed E-state index contributed by atoms with van der Waals surface area (Å²) in [5.41, 5.74) is 1.85. The number of pyridine rings is 2. The van der Waals surface area contributed by atoms with Crippen LogP contribution in [0.2, 0.25) is 0 Å². The van der Waals surface area contributed by atoms with E-state index in [4.69, 9.17) is 9.47 Å². The minimum atomic E-state index is -0.660. The van der Waals surface area contributed by atoms with E-state index in [2.05, 4.69) is 15.0 Å². The standard InChI is InChI=1S/C23H18N4O5/c1-31-22(29)15-10-16(23(30)32-2)12-17(11-15)27-20-18(6-4-8-25-20)26-19(21(27)28)9-14-5-3-7-24-13-14/h3-8,10-13H,9H2,1-2H3. The Morgan fingerprint density at radius 3 is 2.28 bits per heavy atom. The van der Waals surface area contributed by atoms with E-state index in [1.54, 1.807) is 30.6 Å². The number of ether oxygens (including phenoxy) is 2. The summed E-state index contributed by atoms with van der Waals surface area (Å²) in [6.45, 7) is 0. The Bertz CT molecular complexity index is 1350. The van der Waals surface area contributed by atoms with Crippen LogP contribution in [0, 0.1) is 0 Å². The quantitative estimate of drug-likeness (QED) is 0.443. The van der Waals surface area contributed by atoms with Crippen molar-refractivity contribution < 1.29 is 19.1 Å². The van der Waals surface area contributed by atoms with Gasteiger partial charge in [0.05, 0.1) is 31.0 Å². The number of methoxy groups -OCH3 is 2. The van der Waals surface area contributed by atoms with Gasteiger partial charge in [-0.1, -0.05) is 6.07 Å². The molecule has 0 unspecified atom stereocenters. The van der Waals surface area contributed by atoms with E-state index in [9.17, 15) is 14.4 Å². The fraction of sp³-hybridized carbons (Fsp3) is 0.130. The van der Waals surface area contributed by atoms with Gasteiger partial charge >= 0.3 is 11.9 Å². The molecule has 0 spiro atoms. The highest BCUT2D eigenvalue weighted by Gasteiger charge is 2.19. The van der Waals surface area contributed by atoms with E-state index in [1.165, 1.54) is 43.2 Å². The Labute approximate surface area is 182 Å². The molecule has 4 aromatic rings. The van der Waals surface area contributed by atoms with Gasteiger partial charge in [0, 0.05) is 25.0 Å². The second-order valence-corrected chi connectivity index (χ2v) is 6.83. The third-order valence-corrected chi connectivity index (χ3v) is 4.80. The largest absolute Gasteiger partial charge is 0.465 e. The van der Waals surface area contributed by atoms with E-state index >= 15 is 0 Å². The van der Waals surface area contributed by atoms with Crippen LogP contribution in [0.25, 0.3) is 16.9 Å². The summed E-state index contributed by atoms with van der Waals surface area (Å²) < 4.78 is 10.9. The molecule has 4 rings (SSSR count). The van der Waals surface area contributed by atoms with Crippen LogP contribution in [0.1, 0.15) is 32.0 Å². The molecule has 1 aromatic carbocycles. The number of carbonyl (C=O) groups excluding carboxylic acids is 2. The van der Waals surface area contributed by atoms with Crippen molar-refractivity contribution in [2.75, 3.05) is 14.2 Å². The zero-order chi connectivity index (χ0) is 22.7. The minimum Gasteiger partial charge on any atom is -0.465 e. The summed E-state index contributed by atoms with van der Waals surface area (Å²) in [6, 6.07) is 11.3. The van der Waals surface area contributed by atoms with Crippen molar-refractivity contribution in [2.45, 2.75) is 6.42 Å². The molecule has 0 N–H and O–H groups in total. The molecule has 0 saturated heterocycles. The van der Waals surface area contributed by atoms with Crippen LogP contribution < -0.4 is 5.56 Å². The lowest BCUT2D eigenvalue weighted by Crippen LogP contribution is -2.26. The van der Waals surface area contributed by atoms with Crippen LogP contribution in [0.5, 0.6) is 0 Å². The first-order chi connectivity index (χ1) is 15.5. The second-order valence-electron chi connectivity index (χ2n) is 6.83.